The second kappa shape index (κ2) is 5.33. The van der Waals surface area contributed by atoms with E-state index >= 15 is 0 Å². The van der Waals surface area contributed by atoms with Crippen LogP contribution in [0.3, 0.4) is 0 Å². The van der Waals surface area contributed by atoms with E-state index in [1.54, 1.807) is 12.1 Å². The van der Waals surface area contributed by atoms with E-state index in [1.807, 2.05) is 0 Å². The van der Waals surface area contributed by atoms with E-state index in [0.717, 1.165) is 13.0 Å². The van der Waals surface area contributed by atoms with E-state index in [9.17, 15) is 10.1 Å². The van der Waals surface area contributed by atoms with Gasteiger partial charge in [0.25, 0.3) is 0 Å². The van der Waals surface area contributed by atoms with Gasteiger partial charge in [-0.1, -0.05) is 17.7 Å². The van der Waals surface area contributed by atoms with Crippen LogP contribution in [0.25, 0.3) is 0 Å². The first-order chi connectivity index (χ1) is 8.18. The van der Waals surface area contributed by atoms with Crippen LogP contribution in [0.4, 0.5) is 5.69 Å². The molecule has 0 aromatic heterocycles. The molecule has 1 saturated heterocycles. The summed E-state index contributed by atoms with van der Waals surface area (Å²) in [6, 6.07) is 4.67. The summed E-state index contributed by atoms with van der Waals surface area (Å²) in [6.07, 6.45) is 0.925. The molecular formula is C11H12ClNO4. The molecule has 0 spiro atoms. The van der Waals surface area contributed by atoms with Gasteiger partial charge in [-0.3, -0.25) is 10.1 Å². The van der Waals surface area contributed by atoms with Crippen LogP contribution in [0.2, 0.25) is 5.02 Å². The van der Waals surface area contributed by atoms with Crippen molar-refractivity contribution in [3.8, 4) is 5.75 Å². The van der Waals surface area contributed by atoms with Gasteiger partial charge in [-0.2, -0.15) is 0 Å². The Balaban J connectivity index is 2.09. The van der Waals surface area contributed by atoms with Gasteiger partial charge in [0.15, 0.2) is 5.75 Å². The van der Waals surface area contributed by atoms with Crippen LogP contribution in [0.15, 0.2) is 18.2 Å². The average molecular weight is 258 g/mol. The van der Waals surface area contributed by atoms with Crippen LogP contribution in [-0.4, -0.2) is 24.7 Å². The van der Waals surface area contributed by atoms with Crippen molar-refractivity contribution in [1.29, 1.82) is 0 Å². The quantitative estimate of drug-likeness (QED) is 0.615. The van der Waals surface area contributed by atoms with Crippen molar-refractivity contribution in [3.63, 3.8) is 0 Å². The fourth-order valence-electron chi connectivity index (χ4n) is 1.71. The first-order valence-electron chi connectivity index (χ1n) is 5.32. The van der Waals surface area contributed by atoms with Crippen LogP contribution in [-0.2, 0) is 4.74 Å². The number of nitro groups is 1. The number of hydrogen-bond acceptors (Lipinski definition) is 4. The fraction of sp³-hybridized carbons (Fsp3) is 0.455. The smallest absolute Gasteiger partial charge is 0.329 e. The second-order valence-corrected chi connectivity index (χ2v) is 4.29. The summed E-state index contributed by atoms with van der Waals surface area (Å²) < 4.78 is 10.7. The third-order valence-corrected chi connectivity index (χ3v) is 2.94. The number of benzene rings is 1. The summed E-state index contributed by atoms with van der Waals surface area (Å²) in [5.41, 5.74) is -0.173. The highest BCUT2D eigenvalue weighted by Gasteiger charge is 2.22. The molecule has 1 aromatic carbocycles. The molecule has 6 heteroatoms. The summed E-state index contributed by atoms with van der Waals surface area (Å²) in [5, 5.41) is 10.9. The van der Waals surface area contributed by atoms with Crippen molar-refractivity contribution in [3.05, 3.63) is 33.3 Å². The molecule has 0 amide bonds. The molecule has 1 aliphatic rings. The standard InChI is InChI=1S/C11H12ClNO4/c12-9-2-1-3-10(11(9)13(14)15)17-7-8-4-5-16-6-8/h1-3,8H,4-7H2. The van der Waals surface area contributed by atoms with E-state index in [4.69, 9.17) is 21.1 Å². The minimum atomic E-state index is -0.525. The molecule has 0 N–H and O–H groups in total. The van der Waals surface area contributed by atoms with Crippen molar-refractivity contribution in [1.82, 2.24) is 0 Å². The average Bonchev–Trinajstić information content (AvgIpc) is 2.78. The van der Waals surface area contributed by atoms with Crippen molar-refractivity contribution in [2.75, 3.05) is 19.8 Å². The van der Waals surface area contributed by atoms with Gasteiger partial charge in [0, 0.05) is 12.5 Å². The number of para-hydroxylation sites is 1. The molecule has 1 aliphatic heterocycles. The fourth-order valence-corrected chi connectivity index (χ4v) is 1.95. The van der Waals surface area contributed by atoms with Crippen LogP contribution in [0.5, 0.6) is 5.75 Å². The van der Waals surface area contributed by atoms with Crippen molar-refractivity contribution in [2.45, 2.75) is 6.42 Å². The van der Waals surface area contributed by atoms with Crippen molar-refractivity contribution < 1.29 is 14.4 Å². The summed E-state index contributed by atoms with van der Waals surface area (Å²) in [7, 11) is 0. The van der Waals surface area contributed by atoms with E-state index in [0.29, 0.717) is 19.1 Å². The number of ether oxygens (including phenoxy) is 2. The lowest BCUT2D eigenvalue weighted by molar-refractivity contribution is -0.385. The number of nitrogens with zero attached hydrogens (tertiary/aromatic N) is 1. The van der Waals surface area contributed by atoms with E-state index in [-0.39, 0.29) is 16.5 Å². The lowest BCUT2D eigenvalue weighted by atomic mass is 10.1. The van der Waals surface area contributed by atoms with Gasteiger partial charge in [-0.05, 0) is 18.6 Å². The molecule has 1 aromatic rings. The highest BCUT2D eigenvalue weighted by molar-refractivity contribution is 6.32. The summed E-state index contributed by atoms with van der Waals surface area (Å²) in [6.45, 7) is 1.79. The largest absolute Gasteiger partial charge is 0.486 e. The van der Waals surface area contributed by atoms with Gasteiger partial charge in [0.1, 0.15) is 5.02 Å². The Morgan fingerprint density at radius 3 is 3.06 bits per heavy atom. The summed E-state index contributed by atoms with van der Waals surface area (Å²) >= 11 is 5.77. The maximum Gasteiger partial charge on any atom is 0.329 e. The minimum absolute atomic E-state index is 0.0928. The monoisotopic (exact) mass is 257 g/mol. The van der Waals surface area contributed by atoms with E-state index < -0.39 is 4.92 Å². The van der Waals surface area contributed by atoms with Crippen LogP contribution in [0, 0.1) is 16.0 Å². The van der Waals surface area contributed by atoms with Crippen LogP contribution < -0.4 is 4.74 Å². The first kappa shape index (κ1) is 12.1. The van der Waals surface area contributed by atoms with Gasteiger partial charge in [0.2, 0.25) is 0 Å². The van der Waals surface area contributed by atoms with Gasteiger partial charge < -0.3 is 9.47 Å². The first-order valence-corrected chi connectivity index (χ1v) is 5.69. The minimum Gasteiger partial charge on any atom is -0.486 e. The van der Waals surface area contributed by atoms with E-state index in [2.05, 4.69) is 0 Å². The zero-order valence-electron chi connectivity index (χ0n) is 9.10. The molecule has 1 heterocycles. The summed E-state index contributed by atoms with van der Waals surface area (Å²) in [4.78, 5) is 10.3. The predicted octanol–water partition coefficient (Wildman–Crippen LogP) is 2.66. The molecule has 0 aliphatic carbocycles. The Labute approximate surface area is 103 Å². The third-order valence-electron chi connectivity index (χ3n) is 2.63. The molecule has 1 unspecified atom stereocenters. The molecular weight excluding hydrogens is 246 g/mol. The Morgan fingerprint density at radius 1 is 1.59 bits per heavy atom. The number of nitro benzene ring substituents is 1. The highest BCUT2D eigenvalue weighted by Crippen LogP contribution is 2.34. The molecule has 1 atom stereocenters. The molecule has 0 saturated carbocycles. The second-order valence-electron chi connectivity index (χ2n) is 3.88. The Bertz CT molecular complexity index is 418. The summed E-state index contributed by atoms with van der Waals surface area (Å²) in [5.74, 6) is 0.517. The SMILES string of the molecule is O=[N+]([O-])c1c(Cl)cccc1OCC1CCOC1. The topological polar surface area (TPSA) is 61.6 Å². The number of hydrogen-bond donors (Lipinski definition) is 0. The molecule has 0 radical (unpaired) electrons. The van der Waals surface area contributed by atoms with E-state index in [1.165, 1.54) is 6.07 Å². The highest BCUT2D eigenvalue weighted by atomic mass is 35.5. The zero-order chi connectivity index (χ0) is 12.3. The lowest BCUT2D eigenvalue weighted by Crippen LogP contribution is -2.12. The predicted molar refractivity (Wildman–Crippen MR) is 62.5 cm³/mol. The molecule has 0 bridgehead atoms. The zero-order valence-corrected chi connectivity index (χ0v) is 9.85. The Kier molecular flexibility index (Phi) is 3.81. The molecule has 92 valence electrons. The molecule has 17 heavy (non-hydrogen) atoms. The number of halogens is 1. The van der Waals surface area contributed by atoms with Crippen molar-refractivity contribution >= 4 is 17.3 Å². The maximum absolute atomic E-state index is 10.9. The van der Waals surface area contributed by atoms with Gasteiger partial charge in [-0.25, -0.2) is 0 Å². The van der Waals surface area contributed by atoms with Gasteiger partial charge >= 0.3 is 5.69 Å². The van der Waals surface area contributed by atoms with Gasteiger partial charge in [-0.15, -0.1) is 0 Å². The van der Waals surface area contributed by atoms with Gasteiger partial charge in [0.05, 0.1) is 18.1 Å². The van der Waals surface area contributed by atoms with Crippen molar-refractivity contribution in [2.24, 2.45) is 5.92 Å². The van der Waals surface area contributed by atoms with Crippen LogP contribution in [0.1, 0.15) is 6.42 Å². The molecule has 5 nitrogen and oxygen atoms in total. The molecule has 1 fully saturated rings. The normalized spacial score (nSPS) is 19.2. The maximum atomic E-state index is 10.9. The third kappa shape index (κ3) is 2.87. The lowest BCUT2D eigenvalue weighted by Gasteiger charge is -2.10. The molecule has 2 rings (SSSR count). The van der Waals surface area contributed by atoms with Crippen LogP contribution >= 0.6 is 11.6 Å². The Morgan fingerprint density at radius 2 is 2.41 bits per heavy atom. The number of rotatable bonds is 4. The Hall–Kier alpha value is -1.33.